The van der Waals surface area contributed by atoms with Gasteiger partial charge >= 0.3 is 0 Å². The molecule has 0 unspecified atom stereocenters. The summed E-state index contributed by atoms with van der Waals surface area (Å²) in [5.41, 5.74) is 3.84. The fourth-order valence-electron chi connectivity index (χ4n) is 1.92. The van der Waals surface area contributed by atoms with Crippen molar-refractivity contribution >= 4 is 0 Å². The number of benzene rings is 1. The number of ether oxygens (including phenoxy) is 1. The second kappa shape index (κ2) is 3.38. The molecule has 2 heteroatoms. The van der Waals surface area contributed by atoms with Gasteiger partial charge in [0.2, 0.25) is 0 Å². The van der Waals surface area contributed by atoms with Gasteiger partial charge in [-0.1, -0.05) is 6.07 Å². The molecule has 0 radical (unpaired) electrons. The molecule has 0 bridgehead atoms. The summed E-state index contributed by atoms with van der Waals surface area (Å²) in [6.07, 6.45) is 1.74. The minimum absolute atomic E-state index is 0.220. The SMILES string of the molecule is Cc1ccc2c(c1CCO)CCO2. The van der Waals surface area contributed by atoms with Crippen LogP contribution in [0.15, 0.2) is 12.1 Å². The van der Waals surface area contributed by atoms with Gasteiger partial charge in [0, 0.05) is 18.6 Å². The number of rotatable bonds is 2. The van der Waals surface area contributed by atoms with Gasteiger partial charge in [0.15, 0.2) is 0 Å². The predicted molar refractivity (Wildman–Crippen MR) is 51.2 cm³/mol. The molecule has 0 fully saturated rings. The highest BCUT2D eigenvalue weighted by Gasteiger charge is 2.16. The molecular formula is C11H14O2. The molecule has 0 spiro atoms. The van der Waals surface area contributed by atoms with E-state index in [1.165, 1.54) is 16.7 Å². The molecule has 0 aliphatic carbocycles. The molecule has 2 rings (SSSR count). The maximum atomic E-state index is 8.93. The lowest BCUT2D eigenvalue weighted by atomic mass is 9.98. The molecule has 13 heavy (non-hydrogen) atoms. The smallest absolute Gasteiger partial charge is 0.122 e. The quantitative estimate of drug-likeness (QED) is 0.743. The standard InChI is InChI=1S/C11H14O2/c1-8-2-3-11-10(5-7-13-11)9(8)4-6-12/h2-3,12H,4-7H2,1H3. The van der Waals surface area contributed by atoms with Gasteiger partial charge in [-0.2, -0.15) is 0 Å². The first kappa shape index (κ1) is 8.57. The third kappa shape index (κ3) is 1.42. The molecule has 2 nitrogen and oxygen atoms in total. The van der Waals surface area contributed by atoms with E-state index in [-0.39, 0.29) is 6.61 Å². The number of aliphatic hydroxyl groups is 1. The van der Waals surface area contributed by atoms with E-state index in [9.17, 15) is 0 Å². The molecule has 1 aliphatic heterocycles. The van der Waals surface area contributed by atoms with Gasteiger partial charge in [0.25, 0.3) is 0 Å². The van der Waals surface area contributed by atoms with Crippen LogP contribution < -0.4 is 4.74 Å². The fourth-order valence-corrected chi connectivity index (χ4v) is 1.92. The van der Waals surface area contributed by atoms with Crippen LogP contribution in [0.1, 0.15) is 16.7 Å². The Balaban J connectivity index is 2.45. The summed E-state index contributed by atoms with van der Waals surface area (Å²) in [5, 5.41) is 8.93. The van der Waals surface area contributed by atoms with Gasteiger partial charge < -0.3 is 9.84 Å². The predicted octanol–water partition coefficient (Wildman–Crippen LogP) is 1.46. The number of hydrogen-bond donors (Lipinski definition) is 1. The Kier molecular flexibility index (Phi) is 2.23. The van der Waals surface area contributed by atoms with Crippen LogP contribution in [-0.4, -0.2) is 18.3 Å². The molecule has 0 amide bonds. The zero-order valence-electron chi connectivity index (χ0n) is 7.84. The Bertz CT molecular complexity index is 318. The van der Waals surface area contributed by atoms with Gasteiger partial charge in [0.05, 0.1) is 6.61 Å². The van der Waals surface area contributed by atoms with E-state index < -0.39 is 0 Å². The van der Waals surface area contributed by atoms with Gasteiger partial charge in [-0.15, -0.1) is 0 Å². The van der Waals surface area contributed by atoms with E-state index in [1.54, 1.807) is 0 Å². The van der Waals surface area contributed by atoms with Crippen molar-refractivity contribution in [2.45, 2.75) is 19.8 Å². The van der Waals surface area contributed by atoms with Crippen LogP contribution in [0.25, 0.3) is 0 Å². The lowest BCUT2D eigenvalue weighted by Crippen LogP contribution is -1.98. The topological polar surface area (TPSA) is 29.5 Å². The van der Waals surface area contributed by atoms with E-state index in [4.69, 9.17) is 9.84 Å². The first-order valence-electron chi connectivity index (χ1n) is 4.68. The highest BCUT2D eigenvalue weighted by Crippen LogP contribution is 2.30. The maximum Gasteiger partial charge on any atom is 0.122 e. The number of aliphatic hydroxyl groups excluding tert-OH is 1. The lowest BCUT2D eigenvalue weighted by molar-refractivity contribution is 0.299. The molecule has 70 valence electrons. The number of fused-ring (bicyclic) bond motifs is 1. The average Bonchev–Trinajstić information content (AvgIpc) is 2.58. The van der Waals surface area contributed by atoms with E-state index in [0.717, 1.165) is 25.2 Å². The number of aryl methyl sites for hydroxylation is 1. The zero-order valence-corrected chi connectivity index (χ0v) is 7.84. The molecule has 1 heterocycles. The monoisotopic (exact) mass is 178 g/mol. The average molecular weight is 178 g/mol. The van der Waals surface area contributed by atoms with Crippen LogP contribution in [0.5, 0.6) is 5.75 Å². The highest BCUT2D eigenvalue weighted by molar-refractivity contribution is 5.46. The van der Waals surface area contributed by atoms with E-state index in [0.29, 0.717) is 0 Å². The summed E-state index contributed by atoms with van der Waals surface area (Å²) < 4.78 is 5.46. The maximum absolute atomic E-state index is 8.93. The van der Waals surface area contributed by atoms with Crippen molar-refractivity contribution in [3.63, 3.8) is 0 Å². The fraction of sp³-hybridized carbons (Fsp3) is 0.455. The van der Waals surface area contributed by atoms with E-state index >= 15 is 0 Å². The Labute approximate surface area is 78.2 Å². The van der Waals surface area contributed by atoms with E-state index in [2.05, 4.69) is 13.0 Å². The van der Waals surface area contributed by atoms with E-state index in [1.807, 2.05) is 6.07 Å². The van der Waals surface area contributed by atoms with Crippen LogP contribution in [0, 0.1) is 6.92 Å². The van der Waals surface area contributed by atoms with Crippen molar-refractivity contribution in [1.82, 2.24) is 0 Å². The van der Waals surface area contributed by atoms with Gasteiger partial charge in [-0.25, -0.2) is 0 Å². The normalized spacial score (nSPS) is 14.0. The minimum atomic E-state index is 0.220. The summed E-state index contributed by atoms with van der Waals surface area (Å²) in [5.74, 6) is 1.01. The largest absolute Gasteiger partial charge is 0.493 e. The third-order valence-corrected chi connectivity index (χ3v) is 2.59. The summed E-state index contributed by atoms with van der Waals surface area (Å²) in [6, 6.07) is 4.09. The molecule has 0 atom stereocenters. The van der Waals surface area contributed by atoms with Gasteiger partial charge in [0.1, 0.15) is 5.75 Å². The molecule has 1 aromatic rings. The van der Waals surface area contributed by atoms with Crippen molar-refractivity contribution in [2.75, 3.05) is 13.2 Å². The molecule has 0 saturated heterocycles. The van der Waals surface area contributed by atoms with Crippen LogP contribution >= 0.6 is 0 Å². The van der Waals surface area contributed by atoms with Crippen molar-refractivity contribution in [3.05, 3.63) is 28.8 Å². The molecular weight excluding hydrogens is 164 g/mol. The summed E-state index contributed by atoms with van der Waals surface area (Å²) in [7, 11) is 0. The minimum Gasteiger partial charge on any atom is -0.493 e. The molecule has 0 aromatic heterocycles. The molecule has 0 saturated carbocycles. The van der Waals surface area contributed by atoms with Gasteiger partial charge in [-0.3, -0.25) is 0 Å². The third-order valence-electron chi connectivity index (χ3n) is 2.59. The Morgan fingerprint density at radius 2 is 2.31 bits per heavy atom. The van der Waals surface area contributed by atoms with Crippen molar-refractivity contribution in [3.8, 4) is 5.75 Å². The first-order valence-corrected chi connectivity index (χ1v) is 4.68. The van der Waals surface area contributed by atoms with Crippen LogP contribution in [-0.2, 0) is 12.8 Å². The second-order valence-electron chi connectivity index (χ2n) is 3.41. The summed E-state index contributed by atoms with van der Waals surface area (Å²) in [4.78, 5) is 0. The summed E-state index contributed by atoms with van der Waals surface area (Å²) in [6.45, 7) is 3.10. The van der Waals surface area contributed by atoms with Crippen LogP contribution in [0.3, 0.4) is 0 Å². The van der Waals surface area contributed by atoms with Gasteiger partial charge in [-0.05, 0) is 30.5 Å². The Hall–Kier alpha value is -1.02. The lowest BCUT2D eigenvalue weighted by Gasteiger charge is -2.08. The second-order valence-corrected chi connectivity index (χ2v) is 3.41. The molecule has 1 aliphatic rings. The Morgan fingerprint density at radius 1 is 1.46 bits per heavy atom. The number of hydrogen-bond acceptors (Lipinski definition) is 2. The van der Waals surface area contributed by atoms with Crippen molar-refractivity contribution in [2.24, 2.45) is 0 Å². The molecule has 1 N–H and O–H groups in total. The Morgan fingerprint density at radius 3 is 3.08 bits per heavy atom. The first-order chi connectivity index (χ1) is 6.33. The van der Waals surface area contributed by atoms with Crippen molar-refractivity contribution < 1.29 is 9.84 Å². The molecule has 1 aromatic carbocycles. The summed E-state index contributed by atoms with van der Waals surface area (Å²) >= 11 is 0. The zero-order chi connectivity index (χ0) is 9.26. The van der Waals surface area contributed by atoms with Crippen LogP contribution in [0.4, 0.5) is 0 Å². The highest BCUT2D eigenvalue weighted by atomic mass is 16.5. The van der Waals surface area contributed by atoms with Crippen LogP contribution in [0.2, 0.25) is 0 Å². The van der Waals surface area contributed by atoms with Crippen molar-refractivity contribution in [1.29, 1.82) is 0 Å².